The Morgan fingerprint density at radius 1 is 0.771 bits per heavy atom. The number of hydrogen-bond acceptors (Lipinski definition) is 6. The van der Waals surface area contributed by atoms with Gasteiger partial charge in [-0.05, 0) is 29.3 Å². The van der Waals surface area contributed by atoms with Gasteiger partial charge in [-0.3, -0.25) is 0 Å². The van der Waals surface area contributed by atoms with Crippen molar-refractivity contribution in [3.05, 3.63) is 102 Å². The molecule has 4 aromatic rings. The number of aromatic nitrogens is 3. The van der Waals surface area contributed by atoms with Gasteiger partial charge in [-0.15, -0.1) is 0 Å². The van der Waals surface area contributed by atoms with Crippen molar-refractivity contribution in [1.29, 1.82) is 0 Å². The van der Waals surface area contributed by atoms with E-state index in [2.05, 4.69) is 15.0 Å². The Morgan fingerprint density at radius 3 is 2.29 bits per heavy atom. The first-order chi connectivity index (χ1) is 16.9. The molecule has 0 N–H and O–H groups in total. The Morgan fingerprint density at radius 2 is 1.54 bits per heavy atom. The molecule has 2 aromatic heterocycles. The summed E-state index contributed by atoms with van der Waals surface area (Å²) in [5, 5.41) is 0. The summed E-state index contributed by atoms with van der Waals surface area (Å²) in [6, 6.07) is 19.5. The van der Waals surface area contributed by atoms with Crippen LogP contribution < -0.4 is 14.2 Å². The second-order valence-electron chi connectivity index (χ2n) is 7.28. The third kappa shape index (κ3) is 6.89. The highest BCUT2D eigenvalue weighted by Crippen LogP contribution is 2.30. The van der Waals surface area contributed by atoms with Gasteiger partial charge >= 0.3 is 12.2 Å². The quantitative estimate of drug-likeness (QED) is 0.270. The molecule has 6 nitrogen and oxygen atoms in total. The van der Waals surface area contributed by atoms with Gasteiger partial charge in [0.2, 0.25) is 11.7 Å². The molecule has 0 unspecified atom stereocenters. The van der Waals surface area contributed by atoms with Gasteiger partial charge in [0.05, 0.1) is 12.8 Å². The second-order valence-corrected chi connectivity index (χ2v) is 7.28. The van der Waals surface area contributed by atoms with Crippen LogP contribution in [-0.4, -0.2) is 21.6 Å². The zero-order chi connectivity index (χ0) is 24.7. The van der Waals surface area contributed by atoms with E-state index in [-0.39, 0.29) is 31.0 Å². The predicted molar refractivity (Wildman–Crippen MR) is 118 cm³/mol. The monoisotopic (exact) mass is 485 g/mol. The molecule has 0 saturated heterocycles. The molecule has 0 saturated carbocycles. The van der Waals surface area contributed by atoms with Crippen LogP contribution in [0.4, 0.5) is 17.6 Å². The van der Waals surface area contributed by atoms with Crippen molar-refractivity contribution < 1.29 is 31.8 Å². The molecule has 2 aromatic carbocycles. The average Bonchev–Trinajstić information content (AvgIpc) is 2.86. The highest BCUT2D eigenvalue weighted by Gasteiger charge is 2.32. The topological polar surface area (TPSA) is 66.4 Å². The lowest BCUT2D eigenvalue weighted by molar-refractivity contribution is -0.141. The van der Waals surface area contributed by atoms with Crippen LogP contribution in [-0.2, 0) is 19.2 Å². The number of hydrogen-bond donors (Lipinski definition) is 0. The summed E-state index contributed by atoms with van der Waals surface area (Å²) in [6.07, 6.45) is -3.15. The van der Waals surface area contributed by atoms with E-state index in [9.17, 15) is 17.6 Å². The highest BCUT2D eigenvalue weighted by molar-refractivity contribution is 5.31. The minimum Gasteiger partial charge on any atom is -0.475 e. The summed E-state index contributed by atoms with van der Waals surface area (Å²) in [6.45, 7) is 0.359. The number of rotatable bonds is 9. The van der Waals surface area contributed by atoms with Gasteiger partial charge in [0, 0.05) is 12.5 Å². The van der Waals surface area contributed by atoms with Crippen LogP contribution in [0, 0.1) is 5.82 Å². The SMILES string of the molecule is Fc1cnc(OCc2ccccc2)nc1OCCc1ccc(Oc2cccc(C(F)(F)F)n2)cc1. The predicted octanol–water partition coefficient (Wildman–Crippen LogP) is 6.02. The van der Waals surface area contributed by atoms with Crippen LogP contribution in [0.1, 0.15) is 16.8 Å². The van der Waals surface area contributed by atoms with E-state index >= 15 is 0 Å². The fraction of sp³-hybridized carbons (Fsp3) is 0.160. The zero-order valence-corrected chi connectivity index (χ0v) is 18.2. The summed E-state index contributed by atoms with van der Waals surface area (Å²) in [5.74, 6) is -0.781. The van der Waals surface area contributed by atoms with E-state index in [4.69, 9.17) is 14.2 Å². The molecule has 180 valence electrons. The summed E-state index contributed by atoms with van der Waals surface area (Å²) < 4.78 is 68.7. The number of halogens is 4. The van der Waals surface area contributed by atoms with E-state index in [0.717, 1.165) is 23.4 Å². The maximum Gasteiger partial charge on any atom is 0.433 e. The number of ether oxygens (including phenoxy) is 3. The molecule has 0 aliphatic carbocycles. The third-order valence-electron chi connectivity index (χ3n) is 4.69. The van der Waals surface area contributed by atoms with E-state index in [1.165, 1.54) is 12.1 Å². The minimum absolute atomic E-state index is 0.00467. The van der Waals surface area contributed by atoms with Gasteiger partial charge in [-0.2, -0.15) is 22.5 Å². The van der Waals surface area contributed by atoms with E-state index in [1.54, 1.807) is 24.3 Å². The number of alkyl halides is 3. The third-order valence-corrected chi connectivity index (χ3v) is 4.69. The van der Waals surface area contributed by atoms with Gasteiger partial charge in [-0.1, -0.05) is 48.5 Å². The zero-order valence-electron chi connectivity index (χ0n) is 18.2. The first-order valence-corrected chi connectivity index (χ1v) is 10.5. The highest BCUT2D eigenvalue weighted by atomic mass is 19.4. The lowest BCUT2D eigenvalue weighted by Gasteiger charge is -2.10. The van der Waals surface area contributed by atoms with E-state index in [1.807, 2.05) is 30.3 Å². The molecule has 0 radical (unpaired) electrons. The van der Waals surface area contributed by atoms with Crippen LogP contribution in [0.25, 0.3) is 0 Å². The van der Waals surface area contributed by atoms with Crippen molar-refractivity contribution in [2.75, 3.05) is 6.61 Å². The average molecular weight is 485 g/mol. The van der Waals surface area contributed by atoms with Gasteiger partial charge in [0.25, 0.3) is 5.88 Å². The van der Waals surface area contributed by atoms with Crippen molar-refractivity contribution in [2.24, 2.45) is 0 Å². The molecule has 10 heteroatoms. The van der Waals surface area contributed by atoms with Crippen LogP contribution in [0.2, 0.25) is 0 Å². The van der Waals surface area contributed by atoms with Crippen molar-refractivity contribution in [2.45, 2.75) is 19.2 Å². The Kier molecular flexibility index (Phi) is 7.39. The maximum atomic E-state index is 14.0. The fourth-order valence-corrected chi connectivity index (χ4v) is 2.97. The molecule has 0 fully saturated rings. The first kappa shape index (κ1) is 23.9. The molecular weight excluding hydrogens is 466 g/mol. The molecule has 0 bridgehead atoms. The smallest absolute Gasteiger partial charge is 0.433 e. The standard InChI is InChI=1S/C25H19F4N3O3/c26-20-15-30-24(34-16-18-5-2-1-3-6-18)32-23(20)33-14-13-17-9-11-19(12-10-17)35-22-8-4-7-21(31-22)25(27,28)29/h1-12,15H,13-14,16H2. The summed E-state index contributed by atoms with van der Waals surface area (Å²) in [5.41, 5.74) is 0.720. The van der Waals surface area contributed by atoms with Crippen LogP contribution in [0.5, 0.6) is 23.5 Å². The number of pyridine rings is 1. The second kappa shape index (κ2) is 10.8. The van der Waals surface area contributed by atoms with Gasteiger partial charge in [0.1, 0.15) is 18.1 Å². The molecule has 0 amide bonds. The molecule has 0 spiro atoms. The van der Waals surface area contributed by atoms with Crippen molar-refractivity contribution in [1.82, 2.24) is 15.0 Å². The number of nitrogens with zero attached hydrogens (tertiary/aromatic N) is 3. The largest absolute Gasteiger partial charge is 0.475 e. The molecule has 0 aliphatic heterocycles. The molecule has 2 heterocycles. The van der Waals surface area contributed by atoms with Crippen molar-refractivity contribution >= 4 is 0 Å². The first-order valence-electron chi connectivity index (χ1n) is 10.5. The van der Waals surface area contributed by atoms with Gasteiger partial charge in [0.15, 0.2) is 0 Å². The van der Waals surface area contributed by atoms with Gasteiger partial charge < -0.3 is 14.2 Å². The summed E-state index contributed by atoms with van der Waals surface area (Å²) in [4.78, 5) is 11.2. The Balaban J connectivity index is 1.29. The molecular formula is C25H19F4N3O3. The fourth-order valence-electron chi connectivity index (χ4n) is 2.97. The van der Waals surface area contributed by atoms with E-state index in [0.29, 0.717) is 12.2 Å². The van der Waals surface area contributed by atoms with Crippen LogP contribution in [0.15, 0.2) is 79.0 Å². The Bertz CT molecular complexity index is 1250. The number of benzene rings is 2. The summed E-state index contributed by atoms with van der Waals surface area (Å²) in [7, 11) is 0. The lowest BCUT2D eigenvalue weighted by Crippen LogP contribution is -2.08. The Labute approximate surface area is 198 Å². The van der Waals surface area contributed by atoms with Gasteiger partial charge in [-0.25, -0.2) is 9.97 Å². The molecule has 0 atom stereocenters. The van der Waals surface area contributed by atoms with E-state index < -0.39 is 17.7 Å². The molecule has 0 aliphatic rings. The van der Waals surface area contributed by atoms with Crippen molar-refractivity contribution in [3.63, 3.8) is 0 Å². The molecule has 35 heavy (non-hydrogen) atoms. The van der Waals surface area contributed by atoms with Crippen molar-refractivity contribution in [3.8, 4) is 23.5 Å². The normalized spacial score (nSPS) is 11.2. The van der Waals surface area contributed by atoms with Crippen LogP contribution in [0.3, 0.4) is 0 Å². The Hall–Kier alpha value is -4.21. The van der Waals surface area contributed by atoms with Crippen LogP contribution >= 0.6 is 0 Å². The molecule has 4 rings (SSSR count). The maximum absolute atomic E-state index is 14.0. The summed E-state index contributed by atoms with van der Waals surface area (Å²) >= 11 is 0. The lowest BCUT2D eigenvalue weighted by atomic mass is 10.1. The minimum atomic E-state index is -4.55.